The van der Waals surface area contributed by atoms with Gasteiger partial charge in [-0.2, -0.15) is 0 Å². The van der Waals surface area contributed by atoms with E-state index in [4.69, 9.17) is 9.56 Å². The number of benzene rings is 3. The predicted molar refractivity (Wildman–Crippen MR) is 91.0 cm³/mol. The third kappa shape index (κ3) is 3.24. The van der Waals surface area contributed by atoms with E-state index in [9.17, 15) is 0 Å². The first-order valence-corrected chi connectivity index (χ1v) is 9.51. The third-order valence-corrected chi connectivity index (χ3v) is 6.39. The summed E-state index contributed by atoms with van der Waals surface area (Å²) < 4.78 is 12.8. The van der Waals surface area contributed by atoms with Gasteiger partial charge in [-0.05, 0) is 42.5 Å². The number of hydrogen-bond donors (Lipinski definition) is 2. The number of hydrogen-bond acceptors (Lipinski definition) is 0. The Labute approximate surface area is 135 Å². The van der Waals surface area contributed by atoms with Crippen molar-refractivity contribution in [2.75, 3.05) is 0 Å². The van der Waals surface area contributed by atoms with Crippen LogP contribution in [0.2, 0.25) is 0 Å². The highest BCUT2D eigenvalue weighted by molar-refractivity contribution is 7.85. The van der Waals surface area contributed by atoms with Gasteiger partial charge in [0.05, 0.1) is 19.6 Å². The van der Waals surface area contributed by atoms with E-state index in [1.165, 1.54) is 0 Å². The quantitative estimate of drug-likeness (QED) is 0.732. The minimum Gasteiger partial charge on any atom is -0.227 e. The molecule has 0 aromatic heterocycles. The van der Waals surface area contributed by atoms with Crippen LogP contribution in [0.5, 0.6) is 0 Å². The van der Waals surface area contributed by atoms with Crippen molar-refractivity contribution in [3.8, 4) is 0 Å². The molecule has 0 aliphatic rings. The second-order valence-corrected chi connectivity index (χ2v) is 8.01. The van der Waals surface area contributed by atoms with E-state index in [-0.39, 0.29) is 0 Å². The average Bonchev–Trinajstić information content (AvgIpc) is 2.62. The highest BCUT2D eigenvalue weighted by Gasteiger charge is 2.12. The summed E-state index contributed by atoms with van der Waals surface area (Å²) >= 11 is 0. The molecule has 0 spiro atoms. The zero-order chi connectivity index (χ0) is 15.4. The molecular weight excluding hydrogens is 308 g/mol. The Morgan fingerprint density at radius 1 is 0.455 bits per heavy atom. The van der Waals surface area contributed by atoms with E-state index in [2.05, 4.69) is 42.5 Å². The molecule has 2 atom stereocenters. The van der Waals surface area contributed by atoms with E-state index < -0.39 is 21.4 Å². The van der Waals surface area contributed by atoms with Gasteiger partial charge in [0, 0.05) is 0 Å². The van der Waals surface area contributed by atoms with Crippen molar-refractivity contribution in [2.45, 2.75) is 19.6 Å². The standard InChI is InChI=1S/C18H16N2S2/c19-21(15-8-3-1-4-9-15)17-12-7-13-18(14-17)22(20)16-10-5-2-6-11-16/h1-14,19-20H/p+2. The number of rotatable bonds is 4. The largest absolute Gasteiger partial charge is 0.227 e. The fraction of sp³-hybridized carbons (Fsp3) is 0. The van der Waals surface area contributed by atoms with Crippen molar-refractivity contribution >= 4 is 21.4 Å². The van der Waals surface area contributed by atoms with Gasteiger partial charge >= 0.3 is 0 Å². The van der Waals surface area contributed by atoms with Crippen LogP contribution in [0.25, 0.3) is 0 Å². The fourth-order valence-electron chi connectivity index (χ4n) is 2.15. The van der Waals surface area contributed by atoms with Crippen molar-refractivity contribution in [3.63, 3.8) is 0 Å². The van der Waals surface area contributed by atoms with Gasteiger partial charge in [0.25, 0.3) is 0 Å². The summed E-state index contributed by atoms with van der Waals surface area (Å²) in [6.07, 6.45) is 0. The molecule has 3 rings (SSSR count). The SMILES string of the molecule is [NH2+]=S(c1ccccc1)c1cccc(S(=[NH2+])c2ccccc2)c1. The number of nitrogens with two attached hydrogens (primary N) is 2. The maximum atomic E-state index is 6.41. The molecule has 3 aromatic rings. The summed E-state index contributed by atoms with van der Waals surface area (Å²) in [6.45, 7) is 0. The maximum Gasteiger partial charge on any atom is 0.102 e. The molecule has 2 unspecified atom stereocenters. The summed E-state index contributed by atoms with van der Waals surface area (Å²) in [5.41, 5.74) is 0. The van der Waals surface area contributed by atoms with Gasteiger partial charge in [-0.25, -0.2) is 9.56 Å². The molecule has 0 fully saturated rings. The molecule has 0 saturated carbocycles. The van der Waals surface area contributed by atoms with Crippen LogP contribution >= 0.6 is 0 Å². The van der Waals surface area contributed by atoms with Gasteiger partial charge < -0.3 is 0 Å². The summed E-state index contributed by atoms with van der Waals surface area (Å²) in [6, 6.07) is 28.6. The van der Waals surface area contributed by atoms with E-state index in [0.29, 0.717) is 0 Å². The first-order chi connectivity index (χ1) is 10.8. The lowest BCUT2D eigenvalue weighted by molar-refractivity contribution is -0.0763. The zero-order valence-corrected chi connectivity index (χ0v) is 13.7. The topological polar surface area (TPSA) is 51.2 Å². The molecule has 0 heterocycles. The van der Waals surface area contributed by atoms with Gasteiger partial charge in [-0.15, -0.1) is 0 Å². The van der Waals surface area contributed by atoms with Gasteiger partial charge in [0.2, 0.25) is 0 Å². The van der Waals surface area contributed by atoms with Crippen LogP contribution in [-0.4, -0.2) is 0 Å². The van der Waals surface area contributed by atoms with Crippen molar-refractivity contribution in [3.05, 3.63) is 84.9 Å². The maximum absolute atomic E-state index is 6.41. The second-order valence-electron chi connectivity index (χ2n) is 4.78. The van der Waals surface area contributed by atoms with Gasteiger partial charge in [-0.1, -0.05) is 42.5 Å². The fourth-order valence-corrected chi connectivity index (χ4v) is 4.63. The Hall–Kier alpha value is -2.04. The lowest BCUT2D eigenvalue weighted by Gasteiger charge is -2.04. The van der Waals surface area contributed by atoms with Crippen molar-refractivity contribution < 1.29 is 9.56 Å². The molecule has 0 aliphatic carbocycles. The van der Waals surface area contributed by atoms with Crippen LogP contribution in [0.15, 0.2) is 105 Å². The molecule has 4 heteroatoms. The molecule has 2 nitrogen and oxygen atoms in total. The highest BCUT2D eigenvalue weighted by atomic mass is 32.2. The highest BCUT2D eigenvalue weighted by Crippen LogP contribution is 2.20. The minimum atomic E-state index is -0.431. The molecule has 0 aliphatic heterocycles. The summed E-state index contributed by atoms with van der Waals surface area (Å²) in [4.78, 5) is 4.50. The average molecular weight is 326 g/mol. The molecule has 4 N–H and O–H groups in total. The molecule has 0 radical (unpaired) electrons. The van der Waals surface area contributed by atoms with Crippen LogP contribution < -0.4 is 9.56 Å². The summed E-state index contributed by atoms with van der Waals surface area (Å²) in [5, 5.41) is 0. The Morgan fingerprint density at radius 3 is 1.23 bits per heavy atom. The van der Waals surface area contributed by atoms with Gasteiger partial charge in [0.1, 0.15) is 21.4 Å². The van der Waals surface area contributed by atoms with E-state index in [1.807, 2.05) is 42.5 Å². The Bertz CT molecular complexity index is 748. The van der Waals surface area contributed by atoms with E-state index in [0.717, 1.165) is 19.6 Å². The van der Waals surface area contributed by atoms with E-state index >= 15 is 0 Å². The van der Waals surface area contributed by atoms with Crippen molar-refractivity contribution in [1.29, 1.82) is 0 Å². The molecule has 3 aromatic carbocycles. The van der Waals surface area contributed by atoms with Crippen LogP contribution in [0.1, 0.15) is 0 Å². The molecule has 0 bridgehead atoms. The van der Waals surface area contributed by atoms with Crippen LogP contribution in [0, 0.1) is 0 Å². The Kier molecular flexibility index (Phi) is 4.61. The van der Waals surface area contributed by atoms with Gasteiger partial charge in [-0.3, -0.25) is 0 Å². The van der Waals surface area contributed by atoms with Crippen LogP contribution in [0.4, 0.5) is 0 Å². The first kappa shape index (κ1) is 14.9. The molecular formula is C18H18N2S2+2. The Morgan fingerprint density at radius 2 is 0.818 bits per heavy atom. The van der Waals surface area contributed by atoms with Gasteiger partial charge in [0.15, 0.2) is 0 Å². The molecule has 0 amide bonds. The summed E-state index contributed by atoms with van der Waals surface area (Å²) in [7, 11) is -0.862. The monoisotopic (exact) mass is 326 g/mol. The second kappa shape index (κ2) is 6.81. The van der Waals surface area contributed by atoms with Crippen LogP contribution in [-0.2, 0) is 21.4 Å². The Balaban J connectivity index is 1.94. The van der Waals surface area contributed by atoms with E-state index in [1.54, 1.807) is 0 Å². The minimum absolute atomic E-state index is 0.431. The first-order valence-electron chi connectivity index (χ1n) is 6.93. The van der Waals surface area contributed by atoms with Crippen molar-refractivity contribution in [2.24, 2.45) is 0 Å². The predicted octanol–water partition coefficient (Wildman–Crippen LogP) is 1.64. The smallest absolute Gasteiger partial charge is 0.102 e. The van der Waals surface area contributed by atoms with Crippen molar-refractivity contribution in [1.82, 2.24) is 0 Å². The normalized spacial score (nSPS) is 13.5. The molecule has 110 valence electrons. The molecule has 22 heavy (non-hydrogen) atoms. The summed E-state index contributed by atoms with van der Waals surface area (Å²) in [5.74, 6) is 0. The van der Waals surface area contributed by atoms with Crippen LogP contribution in [0.3, 0.4) is 0 Å². The lowest BCUT2D eigenvalue weighted by Crippen LogP contribution is -2.35. The lowest BCUT2D eigenvalue weighted by atomic mass is 10.4. The molecule has 0 saturated heterocycles. The zero-order valence-electron chi connectivity index (χ0n) is 12.1. The third-order valence-electron chi connectivity index (χ3n) is 3.31.